The van der Waals surface area contributed by atoms with Gasteiger partial charge < -0.3 is 5.32 Å². The average Bonchev–Trinajstić information content (AvgIpc) is 2.47. The largest absolute Gasteiger partial charge is 0.346 e. The minimum absolute atomic E-state index is 0.192. The monoisotopic (exact) mass is 291 g/mol. The number of hydrogen-bond donors (Lipinski definition) is 1. The van der Waals surface area contributed by atoms with Crippen molar-refractivity contribution in [1.29, 1.82) is 0 Å². The molecule has 1 amide bonds. The minimum atomic E-state index is -0.310. The molecule has 0 saturated heterocycles. The van der Waals surface area contributed by atoms with E-state index in [2.05, 4.69) is 5.32 Å². The molecule has 4 heteroatoms. The third-order valence-electron chi connectivity index (χ3n) is 3.07. The van der Waals surface area contributed by atoms with Gasteiger partial charge in [0, 0.05) is 11.4 Å². The fourth-order valence-corrected chi connectivity index (χ4v) is 2.06. The van der Waals surface area contributed by atoms with Gasteiger partial charge >= 0.3 is 0 Å². The zero-order chi connectivity index (χ0) is 14.5. The Labute approximate surface area is 122 Å². The van der Waals surface area contributed by atoms with Crippen molar-refractivity contribution < 1.29 is 9.18 Å². The van der Waals surface area contributed by atoms with E-state index in [1.54, 1.807) is 24.3 Å². The van der Waals surface area contributed by atoms with Crippen molar-refractivity contribution in [3.63, 3.8) is 0 Å². The first-order valence-electron chi connectivity index (χ1n) is 6.31. The molecule has 0 heterocycles. The van der Waals surface area contributed by atoms with E-state index < -0.39 is 0 Å². The molecule has 0 radical (unpaired) electrons. The van der Waals surface area contributed by atoms with Gasteiger partial charge in [0.1, 0.15) is 5.82 Å². The normalized spacial score (nSPS) is 11.9. The SMILES string of the molecule is C[C@H](NC(=O)c1ccc(CCl)cc1)c1cccc(F)c1. The number of nitrogens with one attached hydrogen (secondary N) is 1. The molecule has 0 aliphatic heterocycles. The van der Waals surface area contributed by atoms with Crippen LogP contribution in [-0.2, 0) is 5.88 Å². The van der Waals surface area contributed by atoms with E-state index in [1.165, 1.54) is 12.1 Å². The second-order valence-electron chi connectivity index (χ2n) is 4.58. The number of alkyl halides is 1. The van der Waals surface area contributed by atoms with Crippen LogP contribution in [-0.4, -0.2) is 5.91 Å². The maximum Gasteiger partial charge on any atom is 0.251 e. The summed E-state index contributed by atoms with van der Waals surface area (Å²) in [5.41, 5.74) is 2.25. The first-order chi connectivity index (χ1) is 9.60. The van der Waals surface area contributed by atoms with Crippen LogP contribution in [0.5, 0.6) is 0 Å². The third kappa shape index (κ3) is 3.58. The highest BCUT2D eigenvalue weighted by atomic mass is 35.5. The molecule has 1 N–H and O–H groups in total. The number of amides is 1. The highest BCUT2D eigenvalue weighted by Gasteiger charge is 2.11. The molecule has 0 spiro atoms. The fraction of sp³-hybridized carbons (Fsp3) is 0.188. The van der Waals surface area contributed by atoms with Crippen molar-refractivity contribution >= 4 is 17.5 Å². The molecule has 20 heavy (non-hydrogen) atoms. The van der Waals surface area contributed by atoms with Crippen LogP contribution in [0.3, 0.4) is 0 Å². The number of carbonyl (C=O) groups excluding carboxylic acids is 1. The molecule has 104 valence electrons. The summed E-state index contributed by atoms with van der Waals surface area (Å²) in [4.78, 5) is 12.1. The van der Waals surface area contributed by atoms with Gasteiger partial charge in [-0.25, -0.2) is 4.39 Å². The van der Waals surface area contributed by atoms with Crippen molar-refractivity contribution in [2.24, 2.45) is 0 Å². The first-order valence-corrected chi connectivity index (χ1v) is 6.85. The van der Waals surface area contributed by atoms with Crippen molar-refractivity contribution in [2.75, 3.05) is 0 Å². The summed E-state index contributed by atoms with van der Waals surface area (Å²) in [6.07, 6.45) is 0. The van der Waals surface area contributed by atoms with E-state index in [0.29, 0.717) is 11.4 Å². The van der Waals surface area contributed by atoms with Crippen molar-refractivity contribution in [2.45, 2.75) is 18.8 Å². The van der Waals surface area contributed by atoms with Crippen LogP contribution >= 0.6 is 11.6 Å². The van der Waals surface area contributed by atoms with Crippen LogP contribution in [0.15, 0.2) is 48.5 Å². The Balaban J connectivity index is 2.06. The fourth-order valence-electron chi connectivity index (χ4n) is 1.88. The quantitative estimate of drug-likeness (QED) is 0.846. The highest BCUT2D eigenvalue weighted by Crippen LogP contribution is 2.15. The van der Waals surface area contributed by atoms with Crippen molar-refractivity contribution in [3.8, 4) is 0 Å². The predicted octanol–water partition coefficient (Wildman–Crippen LogP) is 4.06. The summed E-state index contributed by atoms with van der Waals surface area (Å²) in [6.45, 7) is 1.82. The summed E-state index contributed by atoms with van der Waals surface area (Å²) in [5.74, 6) is -0.0837. The molecule has 2 aromatic rings. The van der Waals surface area contributed by atoms with Crippen LogP contribution in [0.25, 0.3) is 0 Å². The van der Waals surface area contributed by atoms with Gasteiger partial charge in [-0.2, -0.15) is 0 Å². The molecular formula is C16H15ClFNO. The maximum absolute atomic E-state index is 13.1. The Hall–Kier alpha value is -1.87. The van der Waals surface area contributed by atoms with E-state index >= 15 is 0 Å². The second kappa shape index (κ2) is 6.53. The van der Waals surface area contributed by atoms with E-state index in [4.69, 9.17) is 11.6 Å². The van der Waals surface area contributed by atoms with Crippen LogP contribution < -0.4 is 5.32 Å². The zero-order valence-electron chi connectivity index (χ0n) is 11.1. The summed E-state index contributed by atoms with van der Waals surface area (Å²) in [6, 6.07) is 13.0. The lowest BCUT2D eigenvalue weighted by molar-refractivity contribution is 0.0940. The van der Waals surface area contributed by atoms with Gasteiger partial charge in [0.05, 0.1) is 6.04 Å². The molecule has 0 unspecified atom stereocenters. The molecule has 0 saturated carbocycles. The topological polar surface area (TPSA) is 29.1 Å². The maximum atomic E-state index is 13.1. The minimum Gasteiger partial charge on any atom is -0.346 e. The number of hydrogen-bond acceptors (Lipinski definition) is 1. The number of rotatable bonds is 4. The lowest BCUT2D eigenvalue weighted by atomic mass is 10.1. The lowest BCUT2D eigenvalue weighted by Gasteiger charge is -2.14. The van der Waals surface area contributed by atoms with Crippen molar-refractivity contribution in [3.05, 3.63) is 71.0 Å². The summed E-state index contributed by atoms with van der Waals surface area (Å²) in [7, 11) is 0. The van der Waals surface area contributed by atoms with Gasteiger partial charge in [0.15, 0.2) is 0 Å². The average molecular weight is 292 g/mol. The predicted molar refractivity (Wildman–Crippen MR) is 78.3 cm³/mol. The van der Waals surface area contributed by atoms with Crippen LogP contribution in [0.2, 0.25) is 0 Å². The van der Waals surface area contributed by atoms with Gasteiger partial charge in [-0.1, -0.05) is 24.3 Å². The van der Waals surface area contributed by atoms with Crippen molar-refractivity contribution in [1.82, 2.24) is 5.32 Å². The zero-order valence-corrected chi connectivity index (χ0v) is 11.8. The number of carbonyl (C=O) groups is 1. The molecule has 0 aliphatic carbocycles. The molecule has 0 bridgehead atoms. The van der Waals surface area contributed by atoms with Gasteiger partial charge in [-0.15, -0.1) is 11.6 Å². The van der Waals surface area contributed by atoms with Crippen LogP contribution in [0, 0.1) is 5.82 Å². The second-order valence-corrected chi connectivity index (χ2v) is 4.85. The molecule has 2 nitrogen and oxygen atoms in total. The summed E-state index contributed by atoms with van der Waals surface area (Å²) < 4.78 is 13.1. The summed E-state index contributed by atoms with van der Waals surface area (Å²) in [5, 5.41) is 2.84. The Kier molecular flexibility index (Phi) is 4.74. The number of benzene rings is 2. The van der Waals surface area contributed by atoms with Gasteiger partial charge in [-0.3, -0.25) is 4.79 Å². The summed E-state index contributed by atoms with van der Waals surface area (Å²) >= 11 is 5.70. The van der Waals surface area contributed by atoms with E-state index in [0.717, 1.165) is 11.1 Å². The van der Waals surface area contributed by atoms with E-state index in [9.17, 15) is 9.18 Å². The Morgan fingerprint density at radius 3 is 2.55 bits per heavy atom. The lowest BCUT2D eigenvalue weighted by Crippen LogP contribution is -2.26. The highest BCUT2D eigenvalue weighted by molar-refractivity contribution is 6.17. The van der Waals surface area contributed by atoms with E-state index in [-0.39, 0.29) is 17.8 Å². The molecule has 1 atom stereocenters. The molecule has 0 aromatic heterocycles. The Morgan fingerprint density at radius 1 is 1.25 bits per heavy atom. The molecule has 2 rings (SSSR count). The van der Waals surface area contributed by atoms with E-state index in [1.807, 2.05) is 19.1 Å². The standard InChI is InChI=1S/C16H15ClFNO/c1-11(14-3-2-4-15(18)9-14)19-16(20)13-7-5-12(10-17)6-8-13/h2-9,11H,10H2,1H3,(H,19,20)/t11-/m0/s1. The van der Waals surface area contributed by atoms with Gasteiger partial charge in [0.25, 0.3) is 5.91 Å². The van der Waals surface area contributed by atoms with Crippen LogP contribution in [0.4, 0.5) is 4.39 Å². The third-order valence-corrected chi connectivity index (χ3v) is 3.38. The Bertz CT molecular complexity index is 598. The molecule has 0 fully saturated rings. The molecule has 0 aliphatic rings. The first kappa shape index (κ1) is 14.5. The van der Waals surface area contributed by atoms with Crippen LogP contribution in [0.1, 0.15) is 34.5 Å². The number of halogens is 2. The van der Waals surface area contributed by atoms with Gasteiger partial charge in [0.2, 0.25) is 0 Å². The smallest absolute Gasteiger partial charge is 0.251 e. The Morgan fingerprint density at radius 2 is 1.95 bits per heavy atom. The van der Waals surface area contributed by atoms with Gasteiger partial charge in [-0.05, 0) is 42.3 Å². The molecular weight excluding hydrogens is 277 g/mol. The molecule has 2 aromatic carbocycles.